The van der Waals surface area contributed by atoms with Crippen LogP contribution >= 0.6 is 39.1 Å². The van der Waals surface area contributed by atoms with E-state index >= 15 is 0 Å². The highest BCUT2D eigenvalue weighted by atomic mass is 79.9. The van der Waals surface area contributed by atoms with Gasteiger partial charge in [0.2, 0.25) is 0 Å². The molecule has 2 aromatic rings. The number of benzene rings is 2. The van der Waals surface area contributed by atoms with Gasteiger partial charge in [-0.05, 0) is 29.3 Å². The molecule has 94 valence electrons. The van der Waals surface area contributed by atoms with Crippen molar-refractivity contribution in [2.45, 2.75) is 6.04 Å². The molecule has 0 saturated carbocycles. The smallest absolute Gasteiger partial charge is 0.0725 e. The number of nitrogens with one attached hydrogen (secondary N) is 1. The summed E-state index contributed by atoms with van der Waals surface area (Å²) in [6.45, 7) is 0. The first-order valence-corrected chi connectivity index (χ1v) is 6.84. The van der Waals surface area contributed by atoms with Gasteiger partial charge in [-0.3, -0.25) is 5.84 Å². The van der Waals surface area contributed by atoms with Crippen LogP contribution in [-0.2, 0) is 0 Å². The van der Waals surface area contributed by atoms with Crippen LogP contribution in [0, 0.1) is 0 Å². The van der Waals surface area contributed by atoms with Crippen molar-refractivity contribution < 1.29 is 0 Å². The van der Waals surface area contributed by atoms with Crippen molar-refractivity contribution in [3.63, 3.8) is 0 Å². The van der Waals surface area contributed by atoms with Gasteiger partial charge in [0.1, 0.15) is 0 Å². The van der Waals surface area contributed by atoms with Crippen molar-refractivity contribution in [3.8, 4) is 0 Å². The highest BCUT2D eigenvalue weighted by Crippen LogP contribution is 2.33. The molecule has 0 aromatic heterocycles. The lowest BCUT2D eigenvalue weighted by molar-refractivity contribution is 0.637. The third-order valence-electron chi connectivity index (χ3n) is 2.66. The number of hydrogen-bond acceptors (Lipinski definition) is 2. The van der Waals surface area contributed by atoms with Crippen molar-refractivity contribution in [3.05, 3.63) is 68.1 Å². The second-order valence-electron chi connectivity index (χ2n) is 3.79. The average molecular weight is 346 g/mol. The Labute approximate surface area is 124 Å². The maximum absolute atomic E-state index is 6.21. The Kier molecular flexibility index (Phi) is 4.65. The summed E-state index contributed by atoms with van der Waals surface area (Å²) < 4.78 is 1.01. The number of nitrogens with two attached hydrogens (primary N) is 1. The van der Waals surface area contributed by atoms with E-state index in [0.717, 1.165) is 15.6 Å². The van der Waals surface area contributed by atoms with Crippen molar-refractivity contribution >= 4 is 39.1 Å². The molecular formula is C13H11BrCl2N2. The maximum atomic E-state index is 6.21. The molecule has 2 rings (SSSR count). The molecule has 1 atom stereocenters. The minimum atomic E-state index is -0.190. The van der Waals surface area contributed by atoms with Gasteiger partial charge in [0.25, 0.3) is 0 Å². The lowest BCUT2D eigenvalue weighted by atomic mass is 9.99. The number of hydrogen-bond donors (Lipinski definition) is 2. The normalized spacial score (nSPS) is 12.4. The molecule has 0 aliphatic carbocycles. The SMILES string of the molecule is NNC(c1ccc(Br)cc1)c1cccc(Cl)c1Cl. The van der Waals surface area contributed by atoms with Crippen molar-refractivity contribution in [2.75, 3.05) is 0 Å². The molecule has 0 saturated heterocycles. The van der Waals surface area contributed by atoms with Gasteiger partial charge in [0.05, 0.1) is 16.1 Å². The fourth-order valence-electron chi connectivity index (χ4n) is 1.76. The summed E-state index contributed by atoms with van der Waals surface area (Å²) >= 11 is 15.6. The summed E-state index contributed by atoms with van der Waals surface area (Å²) in [5.74, 6) is 5.63. The minimum absolute atomic E-state index is 0.190. The zero-order valence-electron chi connectivity index (χ0n) is 9.33. The Morgan fingerprint density at radius 3 is 2.33 bits per heavy atom. The molecule has 2 aromatic carbocycles. The van der Waals surface area contributed by atoms with E-state index in [-0.39, 0.29) is 6.04 Å². The predicted octanol–water partition coefficient (Wildman–Crippen LogP) is 4.31. The molecule has 0 spiro atoms. The monoisotopic (exact) mass is 344 g/mol. The van der Waals surface area contributed by atoms with E-state index in [1.165, 1.54) is 0 Å². The second-order valence-corrected chi connectivity index (χ2v) is 5.50. The zero-order chi connectivity index (χ0) is 13.1. The first kappa shape index (κ1) is 13.8. The lowest BCUT2D eigenvalue weighted by Crippen LogP contribution is -2.29. The van der Waals surface area contributed by atoms with Crippen LogP contribution in [0.1, 0.15) is 17.2 Å². The van der Waals surface area contributed by atoms with E-state index in [2.05, 4.69) is 21.4 Å². The average Bonchev–Trinajstić information content (AvgIpc) is 2.37. The molecule has 5 heteroatoms. The summed E-state index contributed by atoms with van der Waals surface area (Å²) in [6, 6.07) is 13.2. The van der Waals surface area contributed by atoms with Gasteiger partial charge in [0.15, 0.2) is 0 Å². The van der Waals surface area contributed by atoms with Gasteiger partial charge in [-0.1, -0.05) is 63.4 Å². The number of halogens is 3. The Bertz CT molecular complexity index is 543. The Hall–Kier alpha value is -0.580. The van der Waals surface area contributed by atoms with E-state index < -0.39 is 0 Å². The van der Waals surface area contributed by atoms with Crippen LogP contribution in [-0.4, -0.2) is 0 Å². The topological polar surface area (TPSA) is 38.0 Å². The van der Waals surface area contributed by atoms with E-state index in [0.29, 0.717) is 10.0 Å². The quantitative estimate of drug-likeness (QED) is 0.642. The van der Waals surface area contributed by atoms with Gasteiger partial charge in [-0.2, -0.15) is 0 Å². The molecule has 0 radical (unpaired) electrons. The summed E-state index contributed by atoms with van der Waals surface area (Å²) in [5, 5.41) is 1.04. The highest BCUT2D eigenvalue weighted by molar-refractivity contribution is 9.10. The van der Waals surface area contributed by atoms with Crippen molar-refractivity contribution in [1.29, 1.82) is 0 Å². The molecule has 1 unspecified atom stereocenters. The molecule has 0 fully saturated rings. The van der Waals surface area contributed by atoms with Gasteiger partial charge in [0, 0.05) is 4.47 Å². The summed E-state index contributed by atoms with van der Waals surface area (Å²) in [4.78, 5) is 0. The van der Waals surface area contributed by atoms with Crippen LogP contribution in [0.5, 0.6) is 0 Å². The number of hydrazine groups is 1. The Morgan fingerprint density at radius 1 is 1.06 bits per heavy atom. The van der Waals surface area contributed by atoms with Crippen molar-refractivity contribution in [1.82, 2.24) is 5.43 Å². The maximum Gasteiger partial charge on any atom is 0.0725 e. The minimum Gasteiger partial charge on any atom is -0.271 e. The van der Waals surface area contributed by atoms with E-state index in [4.69, 9.17) is 29.0 Å². The molecule has 3 N–H and O–H groups in total. The van der Waals surface area contributed by atoms with E-state index in [1.807, 2.05) is 36.4 Å². The largest absolute Gasteiger partial charge is 0.271 e. The standard InChI is InChI=1S/C13H11BrCl2N2/c14-9-6-4-8(5-7-9)13(18-17)10-2-1-3-11(15)12(10)16/h1-7,13,18H,17H2. The molecule has 0 aliphatic rings. The Morgan fingerprint density at radius 2 is 1.72 bits per heavy atom. The van der Waals surface area contributed by atoms with Gasteiger partial charge in [-0.15, -0.1) is 0 Å². The number of rotatable bonds is 3. The molecule has 0 bridgehead atoms. The molecule has 0 aliphatic heterocycles. The molecule has 18 heavy (non-hydrogen) atoms. The zero-order valence-corrected chi connectivity index (χ0v) is 12.4. The van der Waals surface area contributed by atoms with Crippen LogP contribution in [0.15, 0.2) is 46.9 Å². The molecule has 0 amide bonds. The van der Waals surface area contributed by atoms with Gasteiger partial charge >= 0.3 is 0 Å². The third-order valence-corrected chi connectivity index (χ3v) is 4.02. The third kappa shape index (κ3) is 2.87. The van der Waals surface area contributed by atoms with E-state index in [9.17, 15) is 0 Å². The van der Waals surface area contributed by atoms with E-state index in [1.54, 1.807) is 6.07 Å². The first-order chi connectivity index (χ1) is 8.63. The van der Waals surface area contributed by atoms with Gasteiger partial charge in [-0.25, -0.2) is 5.43 Å². The predicted molar refractivity (Wildman–Crippen MR) is 79.8 cm³/mol. The van der Waals surface area contributed by atoms with Crippen molar-refractivity contribution in [2.24, 2.45) is 5.84 Å². The molecule has 2 nitrogen and oxygen atoms in total. The van der Waals surface area contributed by atoms with Crippen LogP contribution in [0.4, 0.5) is 0 Å². The van der Waals surface area contributed by atoms with Crippen LogP contribution in [0.25, 0.3) is 0 Å². The second kappa shape index (κ2) is 6.04. The van der Waals surface area contributed by atoms with Crippen LogP contribution in [0.2, 0.25) is 10.0 Å². The Balaban J connectivity index is 2.45. The summed E-state index contributed by atoms with van der Waals surface area (Å²) in [6.07, 6.45) is 0. The van der Waals surface area contributed by atoms with Crippen LogP contribution in [0.3, 0.4) is 0 Å². The molecular weight excluding hydrogens is 335 g/mol. The van der Waals surface area contributed by atoms with Gasteiger partial charge < -0.3 is 0 Å². The summed E-state index contributed by atoms with van der Waals surface area (Å²) in [7, 11) is 0. The first-order valence-electron chi connectivity index (χ1n) is 5.29. The fraction of sp³-hybridized carbons (Fsp3) is 0.0769. The molecule has 0 heterocycles. The van der Waals surface area contributed by atoms with Crippen LogP contribution < -0.4 is 11.3 Å². The summed E-state index contributed by atoms with van der Waals surface area (Å²) in [5.41, 5.74) is 4.64. The fourth-order valence-corrected chi connectivity index (χ4v) is 2.45. The highest BCUT2D eigenvalue weighted by Gasteiger charge is 2.16. The lowest BCUT2D eigenvalue weighted by Gasteiger charge is -2.18.